The quantitative estimate of drug-likeness (QED) is 0.844. The van der Waals surface area contributed by atoms with Gasteiger partial charge in [-0.25, -0.2) is 4.98 Å². The largest absolute Gasteiger partial charge is 0.355 e. The van der Waals surface area contributed by atoms with E-state index in [1.807, 2.05) is 31.2 Å². The predicted molar refractivity (Wildman–Crippen MR) is 76.5 cm³/mol. The van der Waals surface area contributed by atoms with E-state index in [9.17, 15) is 0 Å². The van der Waals surface area contributed by atoms with Crippen LogP contribution in [-0.2, 0) is 0 Å². The summed E-state index contributed by atoms with van der Waals surface area (Å²) in [5.74, 6) is 1.65. The predicted octanol–water partition coefficient (Wildman–Crippen LogP) is 3.10. The molecule has 2 heterocycles. The minimum Gasteiger partial charge on any atom is -0.355 e. The van der Waals surface area contributed by atoms with Gasteiger partial charge in [0.25, 0.3) is 0 Å². The second-order valence-electron chi connectivity index (χ2n) is 4.73. The van der Waals surface area contributed by atoms with E-state index < -0.39 is 0 Å². The van der Waals surface area contributed by atoms with Gasteiger partial charge in [-0.1, -0.05) is 23.7 Å². The molecule has 1 aromatic heterocycles. The van der Waals surface area contributed by atoms with Crippen molar-refractivity contribution in [2.45, 2.75) is 19.8 Å². The van der Waals surface area contributed by atoms with Gasteiger partial charge in [-0.2, -0.15) is 0 Å². The van der Waals surface area contributed by atoms with Crippen LogP contribution >= 0.6 is 11.6 Å². The fraction of sp³-hybridized carbons (Fsp3) is 0.357. The van der Waals surface area contributed by atoms with Crippen molar-refractivity contribution in [3.05, 3.63) is 35.1 Å². The first-order valence-corrected chi connectivity index (χ1v) is 6.84. The van der Waals surface area contributed by atoms with Gasteiger partial charge in [0.15, 0.2) is 5.82 Å². The third-order valence-corrected chi connectivity index (χ3v) is 3.55. The molecule has 0 saturated carbocycles. The highest BCUT2D eigenvalue weighted by Crippen LogP contribution is 2.29. The summed E-state index contributed by atoms with van der Waals surface area (Å²) in [6, 6.07) is 7.66. The maximum atomic E-state index is 5.93. The van der Waals surface area contributed by atoms with Crippen molar-refractivity contribution in [1.82, 2.24) is 15.2 Å². The van der Waals surface area contributed by atoms with Gasteiger partial charge < -0.3 is 4.90 Å². The van der Waals surface area contributed by atoms with Crippen molar-refractivity contribution in [1.29, 1.82) is 0 Å². The van der Waals surface area contributed by atoms with Gasteiger partial charge in [-0.3, -0.25) is 0 Å². The molecule has 5 heteroatoms. The van der Waals surface area contributed by atoms with Crippen LogP contribution in [0.5, 0.6) is 0 Å². The zero-order valence-corrected chi connectivity index (χ0v) is 11.6. The number of nitrogens with zero attached hydrogens (tertiary/aromatic N) is 4. The topological polar surface area (TPSA) is 41.9 Å². The van der Waals surface area contributed by atoms with Crippen LogP contribution in [0.4, 0.5) is 5.82 Å². The first-order chi connectivity index (χ1) is 9.24. The Morgan fingerprint density at radius 1 is 1.05 bits per heavy atom. The molecule has 0 radical (unpaired) electrons. The molecule has 0 bridgehead atoms. The van der Waals surface area contributed by atoms with Crippen LogP contribution < -0.4 is 4.90 Å². The summed E-state index contributed by atoms with van der Waals surface area (Å²) in [7, 11) is 0. The SMILES string of the molecule is Cc1nnc(-c2ccc(Cl)cc2)c(N2CCCC2)n1. The van der Waals surface area contributed by atoms with Crippen molar-refractivity contribution in [3.8, 4) is 11.3 Å². The molecule has 0 atom stereocenters. The standard InChI is InChI=1S/C14H15ClN4/c1-10-16-14(19-8-2-3-9-19)13(18-17-10)11-4-6-12(15)7-5-11/h4-7H,2-3,8-9H2,1H3. The van der Waals surface area contributed by atoms with Crippen molar-refractivity contribution >= 4 is 17.4 Å². The first-order valence-electron chi connectivity index (χ1n) is 6.46. The van der Waals surface area contributed by atoms with Crippen molar-refractivity contribution in [2.24, 2.45) is 0 Å². The zero-order valence-electron chi connectivity index (χ0n) is 10.8. The molecule has 1 aliphatic rings. The fourth-order valence-electron chi connectivity index (χ4n) is 2.34. The number of aryl methyl sites for hydroxylation is 1. The summed E-state index contributed by atoms with van der Waals surface area (Å²) < 4.78 is 0. The second kappa shape index (κ2) is 5.13. The van der Waals surface area contributed by atoms with Crippen LogP contribution in [0.2, 0.25) is 5.02 Å². The summed E-state index contributed by atoms with van der Waals surface area (Å²) in [5, 5.41) is 9.14. The maximum absolute atomic E-state index is 5.93. The minimum atomic E-state index is 0.708. The van der Waals surface area contributed by atoms with Gasteiger partial charge >= 0.3 is 0 Å². The highest BCUT2D eigenvalue weighted by atomic mass is 35.5. The molecule has 1 aromatic carbocycles. The summed E-state index contributed by atoms with van der Waals surface area (Å²) in [4.78, 5) is 6.86. The third-order valence-electron chi connectivity index (χ3n) is 3.30. The van der Waals surface area contributed by atoms with Crippen molar-refractivity contribution in [2.75, 3.05) is 18.0 Å². The highest BCUT2D eigenvalue weighted by molar-refractivity contribution is 6.30. The lowest BCUT2D eigenvalue weighted by Crippen LogP contribution is -2.21. The molecule has 0 amide bonds. The number of anilines is 1. The van der Waals surface area contributed by atoms with Gasteiger partial charge in [0.05, 0.1) is 0 Å². The van der Waals surface area contributed by atoms with Crippen LogP contribution in [0.3, 0.4) is 0 Å². The monoisotopic (exact) mass is 274 g/mol. The van der Waals surface area contributed by atoms with E-state index in [1.54, 1.807) is 0 Å². The summed E-state index contributed by atoms with van der Waals surface area (Å²) >= 11 is 5.93. The van der Waals surface area contributed by atoms with Gasteiger partial charge in [-0.15, -0.1) is 10.2 Å². The second-order valence-corrected chi connectivity index (χ2v) is 5.17. The number of hydrogen-bond donors (Lipinski definition) is 0. The number of hydrogen-bond acceptors (Lipinski definition) is 4. The van der Waals surface area contributed by atoms with Crippen LogP contribution in [0.1, 0.15) is 18.7 Å². The normalized spacial score (nSPS) is 14.9. The van der Waals surface area contributed by atoms with Gasteiger partial charge in [0, 0.05) is 23.7 Å². The van der Waals surface area contributed by atoms with E-state index in [-0.39, 0.29) is 0 Å². The number of rotatable bonds is 2. The van der Waals surface area contributed by atoms with Crippen molar-refractivity contribution < 1.29 is 0 Å². The van der Waals surface area contributed by atoms with E-state index in [0.29, 0.717) is 5.82 Å². The van der Waals surface area contributed by atoms with Crippen LogP contribution in [0.15, 0.2) is 24.3 Å². The maximum Gasteiger partial charge on any atom is 0.159 e. The van der Waals surface area contributed by atoms with Gasteiger partial charge in [0.2, 0.25) is 0 Å². The molecule has 98 valence electrons. The molecule has 1 saturated heterocycles. The molecule has 0 unspecified atom stereocenters. The van der Waals surface area contributed by atoms with E-state index in [4.69, 9.17) is 11.6 Å². The lowest BCUT2D eigenvalue weighted by molar-refractivity contribution is 0.859. The van der Waals surface area contributed by atoms with Crippen LogP contribution in [0.25, 0.3) is 11.3 Å². The van der Waals surface area contributed by atoms with E-state index >= 15 is 0 Å². The Hall–Kier alpha value is -1.68. The van der Waals surface area contributed by atoms with Crippen LogP contribution in [0, 0.1) is 6.92 Å². The number of aromatic nitrogens is 3. The van der Waals surface area contributed by atoms with E-state index in [2.05, 4.69) is 20.1 Å². The average Bonchev–Trinajstić information content (AvgIpc) is 2.94. The summed E-state index contributed by atoms with van der Waals surface area (Å²) in [5.41, 5.74) is 1.84. The molecule has 0 spiro atoms. The molecule has 1 aliphatic heterocycles. The summed E-state index contributed by atoms with van der Waals surface area (Å²) in [6.07, 6.45) is 2.42. The van der Waals surface area contributed by atoms with E-state index in [1.165, 1.54) is 12.8 Å². The molecular weight excluding hydrogens is 260 g/mol. The van der Waals surface area contributed by atoms with E-state index in [0.717, 1.165) is 35.2 Å². The Kier molecular flexibility index (Phi) is 3.34. The lowest BCUT2D eigenvalue weighted by atomic mass is 10.1. The summed E-state index contributed by atoms with van der Waals surface area (Å²) in [6.45, 7) is 3.95. The molecule has 0 N–H and O–H groups in total. The highest BCUT2D eigenvalue weighted by Gasteiger charge is 2.19. The average molecular weight is 275 g/mol. The van der Waals surface area contributed by atoms with Gasteiger partial charge in [0.1, 0.15) is 11.5 Å². The molecule has 1 fully saturated rings. The number of benzene rings is 1. The molecular formula is C14H15ClN4. The fourth-order valence-corrected chi connectivity index (χ4v) is 2.47. The van der Waals surface area contributed by atoms with Gasteiger partial charge in [-0.05, 0) is 31.9 Å². The zero-order chi connectivity index (χ0) is 13.2. The lowest BCUT2D eigenvalue weighted by Gasteiger charge is -2.19. The Bertz CT molecular complexity index is 576. The van der Waals surface area contributed by atoms with Crippen LogP contribution in [-0.4, -0.2) is 28.3 Å². The van der Waals surface area contributed by atoms with Crippen molar-refractivity contribution in [3.63, 3.8) is 0 Å². The number of halogens is 1. The molecule has 3 rings (SSSR count). The first kappa shape index (κ1) is 12.4. The molecule has 2 aromatic rings. The minimum absolute atomic E-state index is 0.708. The Labute approximate surface area is 117 Å². The Morgan fingerprint density at radius 2 is 1.74 bits per heavy atom. The molecule has 0 aliphatic carbocycles. The molecule has 4 nitrogen and oxygen atoms in total. The third kappa shape index (κ3) is 2.54. The Balaban J connectivity index is 2.06. The molecule has 19 heavy (non-hydrogen) atoms. The smallest absolute Gasteiger partial charge is 0.159 e. The Morgan fingerprint density at radius 3 is 2.42 bits per heavy atom.